The molecule has 7 heteroatoms. The van der Waals surface area contributed by atoms with Crippen LogP contribution in [0.25, 0.3) is 0 Å². The van der Waals surface area contributed by atoms with E-state index < -0.39 is 6.10 Å². The molecule has 3 rings (SSSR count). The first-order chi connectivity index (χ1) is 12.1. The van der Waals surface area contributed by atoms with Crippen LogP contribution in [0.4, 0.5) is 5.69 Å². The summed E-state index contributed by atoms with van der Waals surface area (Å²) in [7, 11) is 0. The molecule has 0 amide bonds. The van der Waals surface area contributed by atoms with Crippen LogP contribution < -0.4 is 14.8 Å². The highest BCUT2D eigenvalue weighted by Gasteiger charge is 2.21. The van der Waals surface area contributed by atoms with E-state index in [4.69, 9.17) is 26.2 Å². The number of carbonyl (C=O) groups is 1. The summed E-state index contributed by atoms with van der Waals surface area (Å²) in [5, 5.41) is 22.1. The lowest BCUT2D eigenvalue weighted by Crippen LogP contribution is -2.24. The number of ketones is 1. The number of anilines is 1. The topological polar surface area (TPSA) is 88.0 Å². The highest BCUT2D eigenvalue weighted by Crippen LogP contribution is 2.36. The molecule has 0 radical (unpaired) electrons. The molecule has 6 nitrogen and oxygen atoms in total. The van der Waals surface area contributed by atoms with E-state index in [0.29, 0.717) is 46.5 Å². The molecule has 1 unspecified atom stereocenters. The van der Waals surface area contributed by atoms with Crippen molar-refractivity contribution in [3.8, 4) is 11.5 Å². The van der Waals surface area contributed by atoms with Gasteiger partial charge in [-0.25, -0.2) is 0 Å². The zero-order chi connectivity index (χ0) is 17.8. The van der Waals surface area contributed by atoms with Gasteiger partial charge in [0, 0.05) is 34.4 Å². The first-order valence-electron chi connectivity index (χ1n) is 7.85. The minimum atomic E-state index is -0.938. The van der Waals surface area contributed by atoms with Crippen molar-refractivity contribution >= 4 is 23.1 Å². The van der Waals surface area contributed by atoms with Gasteiger partial charge in [-0.15, -0.1) is 0 Å². The van der Waals surface area contributed by atoms with Crippen LogP contribution in [0.1, 0.15) is 15.9 Å². The molecule has 3 N–H and O–H groups in total. The van der Waals surface area contributed by atoms with Crippen LogP contribution in [0.3, 0.4) is 0 Å². The second kappa shape index (κ2) is 7.74. The second-order valence-corrected chi connectivity index (χ2v) is 6.03. The minimum Gasteiger partial charge on any atom is -0.486 e. The van der Waals surface area contributed by atoms with Gasteiger partial charge >= 0.3 is 0 Å². The minimum absolute atomic E-state index is 0.0943. The lowest BCUT2D eigenvalue weighted by Gasteiger charge is -2.22. The van der Waals surface area contributed by atoms with Gasteiger partial charge in [-0.05, 0) is 30.3 Å². The number of aliphatic hydroxyl groups excluding tert-OH is 2. The van der Waals surface area contributed by atoms with E-state index in [2.05, 4.69) is 5.32 Å². The Morgan fingerprint density at radius 2 is 1.80 bits per heavy atom. The van der Waals surface area contributed by atoms with Gasteiger partial charge in [-0.1, -0.05) is 11.6 Å². The Balaban J connectivity index is 1.96. The predicted octanol–water partition coefficient (Wildman–Crippen LogP) is 2.11. The number of fused-ring (bicyclic) bond motifs is 1. The van der Waals surface area contributed by atoms with Crippen molar-refractivity contribution in [1.82, 2.24) is 0 Å². The summed E-state index contributed by atoms with van der Waals surface area (Å²) in [6.45, 7) is 0.558. The molecule has 0 fully saturated rings. The van der Waals surface area contributed by atoms with Gasteiger partial charge in [0.25, 0.3) is 0 Å². The Bertz CT molecular complexity index is 763. The SMILES string of the molecule is O=C(c1ccc(Cl)cc1)c1cc2c(cc1NCC(O)CO)OCCO2. The number of hydrogen-bond acceptors (Lipinski definition) is 6. The molecule has 0 saturated carbocycles. The van der Waals surface area contributed by atoms with Crippen molar-refractivity contribution in [2.75, 3.05) is 31.7 Å². The van der Waals surface area contributed by atoms with Crippen LogP contribution in [0.15, 0.2) is 36.4 Å². The predicted molar refractivity (Wildman–Crippen MR) is 93.9 cm³/mol. The molecule has 0 aliphatic carbocycles. The van der Waals surface area contributed by atoms with E-state index in [0.717, 1.165) is 0 Å². The van der Waals surface area contributed by atoms with Gasteiger partial charge in [0.05, 0.1) is 12.7 Å². The Labute approximate surface area is 150 Å². The Morgan fingerprint density at radius 3 is 2.44 bits per heavy atom. The second-order valence-electron chi connectivity index (χ2n) is 5.59. The maximum Gasteiger partial charge on any atom is 0.195 e. The zero-order valence-electron chi connectivity index (χ0n) is 13.4. The van der Waals surface area contributed by atoms with Crippen molar-refractivity contribution in [2.45, 2.75) is 6.10 Å². The molecular weight excluding hydrogens is 346 g/mol. The van der Waals surface area contributed by atoms with E-state index >= 15 is 0 Å². The fourth-order valence-electron chi connectivity index (χ4n) is 2.47. The number of halogens is 1. The molecule has 132 valence electrons. The molecule has 1 heterocycles. The number of nitrogens with one attached hydrogen (secondary N) is 1. The van der Waals surface area contributed by atoms with Crippen LogP contribution in [-0.4, -0.2) is 48.5 Å². The van der Waals surface area contributed by atoms with E-state index in [9.17, 15) is 9.90 Å². The molecule has 0 bridgehead atoms. The molecule has 0 spiro atoms. The standard InChI is InChI=1S/C18H18ClNO5/c19-12-3-1-11(2-4-12)18(23)14-7-16-17(25-6-5-24-16)8-15(14)20-9-13(22)10-21/h1-4,7-8,13,20-22H,5-6,9-10H2. The average Bonchev–Trinajstić information content (AvgIpc) is 2.65. The number of carbonyl (C=O) groups excluding carboxylic acids is 1. The zero-order valence-corrected chi connectivity index (χ0v) is 14.1. The number of hydrogen-bond donors (Lipinski definition) is 3. The summed E-state index contributed by atoms with van der Waals surface area (Å²) < 4.78 is 11.1. The molecule has 1 aliphatic rings. The fourth-order valence-corrected chi connectivity index (χ4v) is 2.60. The largest absolute Gasteiger partial charge is 0.486 e. The quantitative estimate of drug-likeness (QED) is 0.681. The van der Waals surface area contributed by atoms with Crippen LogP contribution in [0, 0.1) is 0 Å². The van der Waals surface area contributed by atoms with Crippen LogP contribution >= 0.6 is 11.6 Å². The first-order valence-corrected chi connectivity index (χ1v) is 8.23. The summed E-state index contributed by atoms with van der Waals surface area (Å²) in [4.78, 5) is 12.9. The summed E-state index contributed by atoms with van der Waals surface area (Å²) in [5.74, 6) is 0.811. The van der Waals surface area contributed by atoms with Gasteiger partial charge in [-0.2, -0.15) is 0 Å². The Hall–Kier alpha value is -2.28. The Kier molecular flexibility index (Phi) is 5.43. The maximum absolute atomic E-state index is 12.9. The molecule has 2 aromatic rings. The number of aliphatic hydroxyl groups is 2. The number of rotatable bonds is 6. The maximum atomic E-state index is 12.9. The highest BCUT2D eigenvalue weighted by atomic mass is 35.5. The third-order valence-electron chi connectivity index (χ3n) is 3.77. The van der Waals surface area contributed by atoms with Gasteiger partial charge < -0.3 is 25.0 Å². The van der Waals surface area contributed by atoms with Crippen molar-refractivity contribution in [1.29, 1.82) is 0 Å². The molecule has 1 aliphatic heterocycles. The van der Waals surface area contributed by atoms with Crippen molar-refractivity contribution in [2.24, 2.45) is 0 Å². The van der Waals surface area contributed by atoms with E-state index in [1.807, 2.05) is 0 Å². The normalized spacial score (nSPS) is 14.0. The third-order valence-corrected chi connectivity index (χ3v) is 4.02. The average molecular weight is 364 g/mol. The van der Waals surface area contributed by atoms with Gasteiger partial charge in [0.15, 0.2) is 17.3 Å². The van der Waals surface area contributed by atoms with Crippen LogP contribution in [0.5, 0.6) is 11.5 Å². The molecule has 25 heavy (non-hydrogen) atoms. The number of benzene rings is 2. The highest BCUT2D eigenvalue weighted by molar-refractivity contribution is 6.30. The number of ether oxygens (including phenoxy) is 2. The van der Waals surface area contributed by atoms with Crippen molar-refractivity contribution in [3.63, 3.8) is 0 Å². The summed E-state index contributed by atoms with van der Waals surface area (Å²) in [6, 6.07) is 9.88. The summed E-state index contributed by atoms with van der Waals surface area (Å²) in [6.07, 6.45) is -0.938. The Morgan fingerprint density at radius 1 is 1.16 bits per heavy atom. The fraction of sp³-hybridized carbons (Fsp3) is 0.278. The van der Waals surface area contributed by atoms with E-state index in [1.165, 1.54) is 0 Å². The third kappa shape index (κ3) is 4.04. The van der Waals surface area contributed by atoms with E-state index in [1.54, 1.807) is 36.4 Å². The molecule has 0 aromatic heterocycles. The lowest BCUT2D eigenvalue weighted by atomic mass is 10.0. The van der Waals surface area contributed by atoms with Gasteiger partial charge in [0.2, 0.25) is 0 Å². The van der Waals surface area contributed by atoms with Crippen molar-refractivity contribution < 1.29 is 24.5 Å². The van der Waals surface area contributed by atoms with Crippen LogP contribution in [0.2, 0.25) is 5.02 Å². The van der Waals surface area contributed by atoms with Crippen LogP contribution in [-0.2, 0) is 0 Å². The summed E-state index contributed by atoms with van der Waals surface area (Å²) in [5.41, 5.74) is 1.36. The lowest BCUT2D eigenvalue weighted by molar-refractivity contribution is 0.103. The smallest absolute Gasteiger partial charge is 0.195 e. The van der Waals surface area contributed by atoms with Crippen molar-refractivity contribution in [3.05, 3.63) is 52.5 Å². The van der Waals surface area contributed by atoms with E-state index in [-0.39, 0.29) is 18.9 Å². The molecular formula is C18H18ClNO5. The first kappa shape index (κ1) is 17.5. The molecule has 2 aromatic carbocycles. The van der Waals surface area contributed by atoms with Gasteiger partial charge in [0.1, 0.15) is 13.2 Å². The molecule has 1 atom stereocenters. The van der Waals surface area contributed by atoms with Gasteiger partial charge in [-0.3, -0.25) is 4.79 Å². The monoisotopic (exact) mass is 363 g/mol. The molecule has 0 saturated heterocycles. The summed E-state index contributed by atoms with van der Waals surface area (Å²) >= 11 is 5.88.